The molecule has 6 nitrogen and oxygen atoms in total. The molecule has 0 saturated heterocycles. The molecule has 1 aromatic carbocycles. The number of hydrogen-bond acceptors (Lipinski definition) is 6. The quantitative estimate of drug-likeness (QED) is 0.621. The first-order valence-corrected chi connectivity index (χ1v) is 9.83. The van der Waals surface area contributed by atoms with Crippen molar-refractivity contribution in [3.05, 3.63) is 71.5 Å². The van der Waals surface area contributed by atoms with Gasteiger partial charge in [0.25, 0.3) is 0 Å². The zero-order chi connectivity index (χ0) is 21.1. The lowest BCUT2D eigenvalue weighted by atomic mass is 9.64. The van der Waals surface area contributed by atoms with E-state index in [1.54, 1.807) is 24.4 Å². The van der Waals surface area contributed by atoms with Crippen LogP contribution in [-0.4, -0.2) is 41.0 Å². The summed E-state index contributed by atoms with van der Waals surface area (Å²) in [5.74, 6) is 0.211. The third-order valence-electron chi connectivity index (χ3n) is 5.59. The minimum Gasteiger partial charge on any atom is -0.465 e. The first-order chi connectivity index (χ1) is 14.5. The van der Waals surface area contributed by atoms with Gasteiger partial charge in [-0.15, -0.1) is 10.2 Å². The Bertz CT molecular complexity index is 1050. The Hall–Kier alpha value is -3.35. The highest BCUT2D eigenvalue weighted by molar-refractivity contribution is 5.90. The summed E-state index contributed by atoms with van der Waals surface area (Å²) in [7, 11) is 1.35. The van der Waals surface area contributed by atoms with Crippen LogP contribution in [0.5, 0.6) is 0 Å². The molecule has 1 aliphatic rings. The van der Waals surface area contributed by atoms with Crippen molar-refractivity contribution in [2.75, 3.05) is 19.0 Å². The summed E-state index contributed by atoms with van der Waals surface area (Å²) in [4.78, 5) is 16.3. The molecule has 1 N–H and O–H groups in total. The number of carbonyl (C=O) groups excluding carboxylic acids is 1. The average molecular weight is 406 g/mol. The van der Waals surface area contributed by atoms with E-state index in [-0.39, 0.29) is 5.41 Å². The molecule has 154 valence electrons. The number of halogens is 1. The lowest BCUT2D eigenvalue weighted by molar-refractivity contribution is 0.0600. The number of pyridine rings is 1. The Morgan fingerprint density at radius 1 is 1.20 bits per heavy atom. The van der Waals surface area contributed by atoms with E-state index in [2.05, 4.69) is 20.5 Å². The predicted molar refractivity (Wildman–Crippen MR) is 112 cm³/mol. The Morgan fingerprint density at radius 2 is 2.03 bits per heavy atom. The standard InChI is InChI=1S/C23H23FN4O2/c1-15-5-4-10-25-21(15)23(12-18(24)13-23)14-26-20-9-8-19(27-28-20)16-6-3-7-17(11-16)22(29)30-2/h3-11,18H,12-14H2,1-2H3,(H,26,28). The topological polar surface area (TPSA) is 77.0 Å². The molecule has 4 rings (SSSR count). The number of carbonyl (C=O) groups is 1. The molecule has 2 aromatic heterocycles. The molecular formula is C23H23FN4O2. The number of esters is 1. The number of aryl methyl sites for hydroxylation is 1. The summed E-state index contributed by atoms with van der Waals surface area (Å²) in [5.41, 5.74) is 3.55. The van der Waals surface area contributed by atoms with Crippen molar-refractivity contribution in [2.45, 2.75) is 31.4 Å². The number of alkyl halides is 1. The Balaban J connectivity index is 1.49. The van der Waals surface area contributed by atoms with E-state index in [1.807, 2.05) is 37.3 Å². The van der Waals surface area contributed by atoms with Gasteiger partial charge in [0.1, 0.15) is 12.0 Å². The van der Waals surface area contributed by atoms with Crippen molar-refractivity contribution < 1.29 is 13.9 Å². The molecular weight excluding hydrogens is 383 g/mol. The Kier molecular flexibility index (Phi) is 5.44. The van der Waals surface area contributed by atoms with Gasteiger partial charge in [0.05, 0.1) is 24.1 Å². The summed E-state index contributed by atoms with van der Waals surface area (Å²) in [5, 5.41) is 11.8. The van der Waals surface area contributed by atoms with E-state index in [4.69, 9.17) is 4.74 Å². The van der Waals surface area contributed by atoms with Gasteiger partial charge in [-0.2, -0.15) is 0 Å². The van der Waals surface area contributed by atoms with Gasteiger partial charge in [-0.3, -0.25) is 4.98 Å². The maximum Gasteiger partial charge on any atom is 0.337 e. The molecule has 1 aliphatic carbocycles. The van der Waals surface area contributed by atoms with Gasteiger partial charge in [-0.1, -0.05) is 18.2 Å². The number of aromatic nitrogens is 3. The summed E-state index contributed by atoms with van der Waals surface area (Å²) in [6, 6.07) is 14.6. The molecule has 0 amide bonds. The van der Waals surface area contributed by atoms with Crippen LogP contribution in [0.25, 0.3) is 11.3 Å². The van der Waals surface area contributed by atoms with Gasteiger partial charge in [0, 0.05) is 23.7 Å². The highest BCUT2D eigenvalue weighted by Gasteiger charge is 2.47. The van der Waals surface area contributed by atoms with Crippen LogP contribution in [0.4, 0.5) is 10.2 Å². The minimum atomic E-state index is -0.802. The largest absolute Gasteiger partial charge is 0.465 e. The fourth-order valence-electron chi connectivity index (χ4n) is 4.01. The van der Waals surface area contributed by atoms with Crippen molar-refractivity contribution in [1.82, 2.24) is 15.2 Å². The molecule has 0 atom stereocenters. The smallest absolute Gasteiger partial charge is 0.337 e. The van der Waals surface area contributed by atoms with Crippen LogP contribution in [0.2, 0.25) is 0 Å². The number of rotatable bonds is 6. The number of benzene rings is 1. The number of nitrogens with zero attached hydrogens (tertiary/aromatic N) is 3. The molecule has 7 heteroatoms. The minimum absolute atomic E-state index is 0.333. The zero-order valence-electron chi connectivity index (χ0n) is 16.9. The molecule has 3 aromatic rings. The van der Waals surface area contributed by atoms with Crippen LogP contribution in [-0.2, 0) is 10.2 Å². The second-order valence-corrected chi connectivity index (χ2v) is 7.68. The number of hydrogen-bond donors (Lipinski definition) is 1. The molecule has 0 bridgehead atoms. The van der Waals surface area contributed by atoms with Crippen molar-refractivity contribution in [3.63, 3.8) is 0 Å². The number of methoxy groups -OCH3 is 1. The second-order valence-electron chi connectivity index (χ2n) is 7.68. The fraction of sp³-hybridized carbons (Fsp3) is 0.304. The molecule has 0 aliphatic heterocycles. The monoisotopic (exact) mass is 406 g/mol. The van der Waals surface area contributed by atoms with Crippen molar-refractivity contribution >= 4 is 11.8 Å². The van der Waals surface area contributed by atoms with Gasteiger partial charge in [-0.05, 0) is 55.7 Å². The average Bonchev–Trinajstić information content (AvgIpc) is 2.76. The fourth-order valence-corrected chi connectivity index (χ4v) is 4.01. The maximum absolute atomic E-state index is 13.8. The van der Waals surface area contributed by atoms with E-state index in [1.165, 1.54) is 7.11 Å². The summed E-state index contributed by atoms with van der Waals surface area (Å²) < 4.78 is 18.6. The molecule has 30 heavy (non-hydrogen) atoms. The van der Waals surface area contributed by atoms with Crippen LogP contribution in [0.15, 0.2) is 54.7 Å². The lowest BCUT2D eigenvalue weighted by Gasteiger charge is -2.44. The first-order valence-electron chi connectivity index (χ1n) is 9.83. The van der Waals surface area contributed by atoms with Crippen molar-refractivity contribution in [3.8, 4) is 11.3 Å². The molecule has 0 unspecified atom stereocenters. The van der Waals surface area contributed by atoms with Crippen LogP contribution in [0.3, 0.4) is 0 Å². The van der Waals surface area contributed by atoms with E-state index in [0.29, 0.717) is 36.5 Å². The summed E-state index contributed by atoms with van der Waals surface area (Å²) >= 11 is 0. The van der Waals surface area contributed by atoms with Gasteiger partial charge in [0.2, 0.25) is 0 Å². The number of ether oxygens (including phenoxy) is 1. The molecule has 0 radical (unpaired) electrons. The predicted octanol–water partition coefficient (Wildman–Crippen LogP) is 4.12. The van der Waals surface area contributed by atoms with Gasteiger partial charge >= 0.3 is 5.97 Å². The van der Waals surface area contributed by atoms with E-state index in [0.717, 1.165) is 16.8 Å². The van der Waals surface area contributed by atoms with Gasteiger partial charge < -0.3 is 10.1 Å². The van der Waals surface area contributed by atoms with Crippen molar-refractivity contribution in [1.29, 1.82) is 0 Å². The Labute approximate surface area is 174 Å². The third-order valence-corrected chi connectivity index (χ3v) is 5.59. The molecule has 1 fully saturated rings. The maximum atomic E-state index is 13.8. The highest BCUT2D eigenvalue weighted by Crippen LogP contribution is 2.45. The molecule has 0 spiro atoms. The van der Waals surface area contributed by atoms with E-state index < -0.39 is 12.1 Å². The summed E-state index contributed by atoms with van der Waals surface area (Å²) in [6.07, 6.45) is 1.85. The SMILES string of the molecule is COC(=O)c1cccc(-c2ccc(NCC3(c4ncccc4C)CC(F)C3)nn2)c1. The van der Waals surface area contributed by atoms with Crippen LogP contribution in [0.1, 0.15) is 34.5 Å². The number of nitrogens with one attached hydrogen (secondary N) is 1. The zero-order valence-corrected chi connectivity index (χ0v) is 16.9. The van der Waals surface area contributed by atoms with E-state index in [9.17, 15) is 9.18 Å². The lowest BCUT2D eigenvalue weighted by Crippen LogP contribution is -2.48. The first kappa shape index (κ1) is 19.9. The summed E-state index contributed by atoms with van der Waals surface area (Å²) in [6.45, 7) is 2.55. The van der Waals surface area contributed by atoms with Crippen LogP contribution >= 0.6 is 0 Å². The van der Waals surface area contributed by atoms with Crippen LogP contribution in [0, 0.1) is 6.92 Å². The van der Waals surface area contributed by atoms with Crippen molar-refractivity contribution in [2.24, 2.45) is 0 Å². The Morgan fingerprint density at radius 3 is 2.70 bits per heavy atom. The van der Waals surface area contributed by atoms with E-state index >= 15 is 0 Å². The van der Waals surface area contributed by atoms with Gasteiger partial charge in [0.15, 0.2) is 0 Å². The number of anilines is 1. The molecule has 1 saturated carbocycles. The van der Waals surface area contributed by atoms with Crippen LogP contribution < -0.4 is 5.32 Å². The third kappa shape index (κ3) is 3.87. The van der Waals surface area contributed by atoms with Gasteiger partial charge in [-0.25, -0.2) is 9.18 Å². The highest BCUT2D eigenvalue weighted by atomic mass is 19.1. The normalized spacial score (nSPS) is 20.3. The second kappa shape index (κ2) is 8.18. The molecule has 2 heterocycles.